The van der Waals surface area contributed by atoms with E-state index in [4.69, 9.17) is 4.99 Å². The molecule has 0 bridgehead atoms. The van der Waals surface area contributed by atoms with E-state index in [0.29, 0.717) is 12.1 Å². The molecule has 0 radical (unpaired) electrons. The van der Waals surface area contributed by atoms with Crippen LogP contribution in [0.4, 0.5) is 20.3 Å². The van der Waals surface area contributed by atoms with Crippen LogP contribution in [0.15, 0.2) is 71.1 Å². The lowest BCUT2D eigenvalue weighted by molar-refractivity contribution is -0.128. The van der Waals surface area contributed by atoms with Crippen molar-refractivity contribution in [1.29, 1.82) is 0 Å². The number of thioether (sulfide) groups is 1. The third kappa shape index (κ3) is 6.27. The molecule has 2 aromatic carbocycles. The summed E-state index contributed by atoms with van der Waals surface area (Å²) in [6.45, 7) is 4.18. The summed E-state index contributed by atoms with van der Waals surface area (Å²) in [6, 6.07) is 11.3. The monoisotopic (exact) mass is 579 g/mol. The van der Waals surface area contributed by atoms with Crippen LogP contribution in [0, 0.1) is 11.6 Å². The third-order valence-corrected chi connectivity index (χ3v) is 7.35. The summed E-state index contributed by atoms with van der Waals surface area (Å²) in [5.41, 5.74) is -0.377. The lowest BCUT2D eigenvalue weighted by Crippen LogP contribution is -2.56. The zero-order chi connectivity index (χ0) is 29.5. The first-order valence-electron chi connectivity index (χ1n) is 12.5. The van der Waals surface area contributed by atoms with Crippen LogP contribution < -0.4 is 5.32 Å². The number of aldehydes is 1. The highest BCUT2D eigenvalue weighted by Gasteiger charge is 2.33. The number of hydrogen-bond acceptors (Lipinski definition) is 7. The molecule has 0 saturated carbocycles. The van der Waals surface area contributed by atoms with Crippen molar-refractivity contribution in [1.82, 2.24) is 14.8 Å². The number of amidine groups is 1. The zero-order valence-electron chi connectivity index (χ0n) is 22.1. The van der Waals surface area contributed by atoms with Crippen molar-refractivity contribution in [2.24, 2.45) is 4.99 Å². The molecule has 1 unspecified atom stereocenters. The largest absolute Gasteiger partial charge is 0.507 e. The molecule has 1 saturated heterocycles. The molecule has 1 aliphatic rings. The Hall–Kier alpha value is -4.58. The number of aromatic hydroxyl groups is 1. The van der Waals surface area contributed by atoms with E-state index in [1.54, 1.807) is 21.9 Å². The van der Waals surface area contributed by atoms with Gasteiger partial charge in [0.2, 0.25) is 12.3 Å². The molecule has 3 aromatic rings. The van der Waals surface area contributed by atoms with E-state index < -0.39 is 34.7 Å². The number of para-hydroxylation sites is 1. The predicted octanol–water partition coefficient (Wildman–Crippen LogP) is 4.39. The molecule has 4 rings (SSSR count). The van der Waals surface area contributed by atoms with E-state index in [0.717, 1.165) is 23.3 Å². The van der Waals surface area contributed by atoms with E-state index >= 15 is 4.39 Å². The minimum atomic E-state index is -0.977. The van der Waals surface area contributed by atoms with Crippen LogP contribution in [0.3, 0.4) is 0 Å². The fourth-order valence-corrected chi connectivity index (χ4v) is 5.18. The van der Waals surface area contributed by atoms with Gasteiger partial charge in [0.1, 0.15) is 35.2 Å². The van der Waals surface area contributed by atoms with Crippen LogP contribution in [0.5, 0.6) is 5.75 Å². The topological polar surface area (TPSA) is 115 Å². The maximum atomic E-state index is 15.7. The molecule has 2 N–H and O–H groups in total. The van der Waals surface area contributed by atoms with Crippen LogP contribution in [0.1, 0.15) is 12.0 Å². The number of benzene rings is 2. The molecule has 2 heterocycles. The minimum absolute atomic E-state index is 0.0254. The molecule has 0 aliphatic carbocycles. The predicted molar refractivity (Wildman–Crippen MR) is 153 cm³/mol. The Morgan fingerprint density at radius 2 is 1.98 bits per heavy atom. The number of amides is 2. The number of aromatic nitrogens is 1. The number of carbonyl (C=O) groups is 3. The van der Waals surface area contributed by atoms with Crippen molar-refractivity contribution < 1.29 is 28.3 Å². The Morgan fingerprint density at radius 3 is 2.66 bits per heavy atom. The molecule has 12 heteroatoms. The van der Waals surface area contributed by atoms with Crippen LogP contribution >= 0.6 is 11.8 Å². The van der Waals surface area contributed by atoms with Gasteiger partial charge in [0.05, 0.1) is 22.9 Å². The second kappa shape index (κ2) is 13.2. The number of pyridine rings is 1. The van der Waals surface area contributed by atoms with Gasteiger partial charge in [-0.2, -0.15) is 0 Å². The summed E-state index contributed by atoms with van der Waals surface area (Å²) in [6.07, 6.45) is 4.16. The number of halogens is 2. The van der Waals surface area contributed by atoms with Gasteiger partial charge in [-0.05, 0) is 42.7 Å². The van der Waals surface area contributed by atoms with Gasteiger partial charge in [0.15, 0.2) is 5.82 Å². The van der Waals surface area contributed by atoms with Crippen molar-refractivity contribution in [3.8, 4) is 17.0 Å². The number of nitrogens with zero attached hydrogens (tertiary/aromatic N) is 4. The third-order valence-electron chi connectivity index (χ3n) is 6.56. The fourth-order valence-electron chi connectivity index (χ4n) is 4.64. The number of anilines is 1. The van der Waals surface area contributed by atoms with Gasteiger partial charge in [-0.3, -0.25) is 9.59 Å². The average molecular weight is 580 g/mol. The number of aliphatic imine (C=N–C) groups is 1. The van der Waals surface area contributed by atoms with Crippen LogP contribution in [0.25, 0.3) is 11.3 Å². The molecule has 1 fully saturated rings. The van der Waals surface area contributed by atoms with Crippen LogP contribution in [-0.2, 0) is 14.4 Å². The van der Waals surface area contributed by atoms with Crippen molar-refractivity contribution in [2.75, 3.05) is 31.2 Å². The van der Waals surface area contributed by atoms with Crippen molar-refractivity contribution in [3.63, 3.8) is 0 Å². The average Bonchev–Trinajstić information content (AvgIpc) is 2.97. The molecule has 1 atom stereocenters. The van der Waals surface area contributed by atoms with Gasteiger partial charge in [0.25, 0.3) is 0 Å². The van der Waals surface area contributed by atoms with E-state index in [-0.39, 0.29) is 49.2 Å². The van der Waals surface area contributed by atoms with Crippen molar-refractivity contribution in [3.05, 3.63) is 78.4 Å². The summed E-state index contributed by atoms with van der Waals surface area (Å²) in [4.78, 5) is 48.9. The summed E-state index contributed by atoms with van der Waals surface area (Å²) in [7, 11) is 0. The van der Waals surface area contributed by atoms with Gasteiger partial charge in [-0.25, -0.2) is 18.8 Å². The Kier molecular flexibility index (Phi) is 9.45. The number of phenols is 1. The number of hydrogen-bond donors (Lipinski definition) is 2. The van der Waals surface area contributed by atoms with Gasteiger partial charge >= 0.3 is 0 Å². The highest BCUT2D eigenvalue weighted by molar-refractivity contribution is 7.98. The highest BCUT2D eigenvalue weighted by Crippen LogP contribution is 2.36. The van der Waals surface area contributed by atoms with E-state index in [9.17, 15) is 23.9 Å². The fraction of sp³-hybridized carbons (Fsp3) is 0.207. The SMILES string of the molecule is C=CC(=O)N1CCN(/C(=N/c2ccccc2SC)c2cc(F)c(-c3c(O)cccc3F)nc2NC=O)C(CC=O)C1. The Bertz CT molecular complexity index is 1500. The quantitative estimate of drug-likeness (QED) is 0.127. The number of carbonyl (C=O) groups excluding carboxylic acids is 3. The molecule has 1 aliphatic heterocycles. The maximum Gasteiger partial charge on any atom is 0.246 e. The first-order valence-corrected chi connectivity index (χ1v) is 13.8. The molecule has 1 aromatic heterocycles. The van der Waals surface area contributed by atoms with Crippen molar-refractivity contribution >= 4 is 47.7 Å². The first-order chi connectivity index (χ1) is 19.8. The smallest absolute Gasteiger partial charge is 0.246 e. The highest BCUT2D eigenvalue weighted by atomic mass is 32.2. The molecular formula is C29H27F2N5O4S. The molecule has 41 heavy (non-hydrogen) atoms. The second-order valence-corrected chi connectivity index (χ2v) is 9.80. The Labute approximate surface area is 239 Å². The summed E-state index contributed by atoms with van der Waals surface area (Å²) in [5.74, 6) is -2.67. The standard InChI is InChI=1S/C29H27F2N5O4S/c1-3-25(40)35-12-13-36(18(16-35)11-14-37)29(33-22-8-4-5-10-24(22)41-2)19-15-21(31)27(34-28(19)32-17-38)26-20(30)7-6-9-23(26)39/h3-10,14-15,17-18,39H,1,11-13,16H2,2H3,(H,32,34,38)/b33-29+. The number of nitrogens with one attached hydrogen (secondary N) is 1. The van der Waals surface area contributed by atoms with E-state index in [2.05, 4.69) is 16.9 Å². The van der Waals surface area contributed by atoms with Gasteiger partial charge in [-0.1, -0.05) is 24.8 Å². The van der Waals surface area contributed by atoms with E-state index in [1.165, 1.54) is 30.0 Å². The molecule has 0 spiro atoms. The van der Waals surface area contributed by atoms with E-state index in [1.807, 2.05) is 18.4 Å². The lowest BCUT2D eigenvalue weighted by Gasteiger charge is -2.42. The maximum absolute atomic E-state index is 15.7. The second-order valence-electron chi connectivity index (χ2n) is 8.96. The van der Waals surface area contributed by atoms with Crippen LogP contribution in [0.2, 0.25) is 0 Å². The summed E-state index contributed by atoms with van der Waals surface area (Å²) in [5, 5.41) is 12.7. The number of piperazine rings is 1. The van der Waals surface area contributed by atoms with Crippen LogP contribution in [-0.4, -0.2) is 76.3 Å². The summed E-state index contributed by atoms with van der Waals surface area (Å²) < 4.78 is 30.4. The Balaban J connectivity index is 1.95. The summed E-state index contributed by atoms with van der Waals surface area (Å²) >= 11 is 1.44. The van der Waals surface area contributed by atoms with Gasteiger partial charge in [0, 0.05) is 31.0 Å². The van der Waals surface area contributed by atoms with Gasteiger partial charge < -0.3 is 25.0 Å². The zero-order valence-corrected chi connectivity index (χ0v) is 22.9. The van der Waals surface area contributed by atoms with Gasteiger partial charge in [-0.15, -0.1) is 11.8 Å². The minimum Gasteiger partial charge on any atom is -0.507 e. The molecule has 2 amide bonds. The molecule has 9 nitrogen and oxygen atoms in total. The Morgan fingerprint density at radius 1 is 1.20 bits per heavy atom. The number of phenolic OH excluding ortho intramolecular Hbond substituents is 1. The van der Waals surface area contributed by atoms with Crippen molar-refractivity contribution in [2.45, 2.75) is 17.4 Å². The first kappa shape index (κ1) is 29.4. The molecule has 212 valence electrons. The normalized spacial score (nSPS) is 15.4. The molecular weight excluding hydrogens is 552 g/mol. The number of rotatable bonds is 9. The lowest BCUT2D eigenvalue weighted by atomic mass is 10.0.